The van der Waals surface area contributed by atoms with Gasteiger partial charge in [-0.2, -0.15) is 0 Å². The van der Waals surface area contributed by atoms with Gasteiger partial charge in [-0.15, -0.1) is 34.0 Å². The van der Waals surface area contributed by atoms with E-state index in [1.807, 2.05) is 25.3 Å². The molecule has 0 saturated heterocycles. The lowest BCUT2D eigenvalue weighted by Crippen LogP contribution is -2.40. The number of aryl methyl sites for hydroxylation is 1. The Hall–Kier alpha value is -0.130. The van der Waals surface area contributed by atoms with E-state index in [1.54, 1.807) is 0 Å². The molecule has 0 aliphatic heterocycles. The van der Waals surface area contributed by atoms with Crippen molar-refractivity contribution < 1.29 is 4.57 Å². The Labute approximate surface area is 99.7 Å². The van der Waals surface area contributed by atoms with Crippen molar-refractivity contribution >= 4 is 39.7 Å². The first-order valence-corrected chi connectivity index (χ1v) is 3.69. The summed E-state index contributed by atoms with van der Waals surface area (Å²) in [5.74, 6) is 0. The molecule has 1 aromatic heterocycles. The zero-order chi connectivity index (χ0) is 8.27. The second kappa shape index (κ2) is 7.29. The summed E-state index contributed by atoms with van der Waals surface area (Å²) < 4.78 is 2.08. The number of rotatable bonds is 2. The second-order valence-corrected chi connectivity index (χ2v) is 2.58. The molecule has 1 rings (SSSR count). The zero-order valence-electron chi connectivity index (χ0n) is 7.56. The van der Waals surface area contributed by atoms with Gasteiger partial charge in [-0.25, -0.2) is 4.57 Å². The first kappa shape index (κ1) is 15.3. The lowest BCUT2D eigenvalue weighted by Gasteiger charge is -1.98. The molecule has 4 N–H and O–H groups in total. The number of hydrogen-bond donors (Lipinski definition) is 2. The van der Waals surface area contributed by atoms with Gasteiger partial charge in [0.2, 0.25) is 0 Å². The molecular weight excluding hydrogens is 298 g/mol. The van der Waals surface area contributed by atoms with E-state index in [4.69, 9.17) is 11.5 Å². The van der Waals surface area contributed by atoms with Crippen LogP contribution in [0.5, 0.6) is 0 Å². The van der Waals surface area contributed by atoms with Crippen molar-refractivity contribution in [3.8, 4) is 0 Å². The summed E-state index contributed by atoms with van der Waals surface area (Å²) in [6, 6.07) is 3.82. The molecule has 0 aliphatic rings. The molecule has 76 valence electrons. The number of pyridine rings is 1. The summed E-state index contributed by atoms with van der Waals surface area (Å²) in [6.45, 7) is 3.54. The van der Waals surface area contributed by atoms with Crippen LogP contribution in [-0.4, -0.2) is 6.54 Å². The largest absolute Gasteiger partial charge is 0.398 e. The average Bonchev–Trinajstić information content (AvgIpc) is 1.95. The zero-order valence-corrected chi connectivity index (χ0v) is 11.0. The fraction of sp³-hybridized carbons (Fsp3) is 0.375. The summed E-state index contributed by atoms with van der Waals surface area (Å²) in [5.41, 5.74) is 12.9. The number of halogens is 2. The lowest BCUT2D eigenvalue weighted by atomic mass is 10.3. The van der Waals surface area contributed by atoms with Crippen molar-refractivity contribution in [1.82, 2.24) is 0 Å². The van der Waals surface area contributed by atoms with Crippen LogP contribution in [0.3, 0.4) is 0 Å². The van der Waals surface area contributed by atoms with Crippen LogP contribution in [0.25, 0.3) is 0 Å². The highest BCUT2D eigenvalue weighted by Crippen LogP contribution is 1.98. The molecule has 0 saturated carbocycles. The number of aromatic nitrogens is 1. The number of nitrogens with two attached hydrogens (primary N) is 2. The average molecular weight is 314 g/mol. The van der Waals surface area contributed by atoms with E-state index in [2.05, 4.69) is 4.57 Å². The summed E-state index contributed by atoms with van der Waals surface area (Å²) in [7, 11) is 0. The molecule has 0 atom stereocenters. The number of nitrogen functional groups attached to an aromatic ring is 1. The van der Waals surface area contributed by atoms with Gasteiger partial charge in [-0.1, -0.05) is 0 Å². The second-order valence-electron chi connectivity index (χ2n) is 2.58. The molecular formula is C8H16Br2N3+. The van der Waals surface area contributed by atoms with Crippen LogP contribution in [0.1, 0.15) is 5.69 Å². The van der Waals surface area contributed by atoms with Gasteiger partial charge in [0.25, 0.3) is 0 Å². The van der Waals surface area contributed by atoms with Crippen LogP contribution >= 0.6 is 34.0 Å². The van der Waals surface area contributed by atoms with Crippen LogP contribution in [-0.2, 0) is 6.54 Å². The van der Waals surface area contributed by atoms with E-state index in [9.17, 15) is 0 Å². The van der Waals surface area contributed by atoms with E-state index >= 15 is 0 Å². The molecule has 0 unspecified atom stereocenters. The van der Waals surface area contributed by atoms with Gasteiger partial charge in [0.1, 0.15) is 0 Å². The van der Waals surface area contributed by atoms with Crippen molar-refractivity contribution in [2.75, 3.05) is 12.3 Å². The predicted molar refractivity (Wildman–Crippen MR) is 65.5 cm³/mol. The molecule has 0 aliphatic carbocycles. The number of anilines is 1. The minimum Gasteiger partial charge on any atom is -0.398 e. The third kappa shape index (κ3) is 4.59. The maximum Gasteiger partial charge on any atom is 0.180 e. The summed E-state index contributed by atoms with van der Waals surface area (Å²) >= 11 is 0. The molecule has 5 heteroatoms. The van der Waals surface area contributed by atoms with Crippen LogP contribution in [0.15, 0.2) is 18.3 Å². The van der Waals surface area contributed by atoms with Crippen molar-refractivity contribution in [2.24, 2.45) is 5.73 Å². The smallest absolute Gasteiger partial charge is 0.180 e. The minimum atomic E-state index is 0. The van der Waals surface area contributed by atoms with Crippen LogP contribution in [0, 0.1) is 6.92 Å². The number of hydrogen-bond acceptors (Lipinski definition) is 2. The molecule has 0 radical (unpaired) electrons. The highest BCUT2D eigenvalue weighted by molar-refractivity contribution is 8.93. The van der Waals surface area contributed by atoms with E-state index in [0.717, 1.165) is 17.9 Å². The minimum absolute atomic E-state index is 0. The Bertz CT molecular complexity index is 253. The molecule has 0 bridgehead atoms. The van der Waals surface area contributed by atoms with Gasteiger partial charge in [0.05, 0.1) is 6.54 Å². The Kier molecular flexibility index (Phi) is 8.61. The Morgan fingerprint density at radius 2 is 2.00 bits per heavy atom. The molecule has 1 aromatic rings. The van der Waals surface area contributed by atoms with Gasteiger partial charge in [0.15, 0.2) is 18.4 Å². The fourth-order valence-electron chi connectivity index (χ4n) is 1.06. The van der Waals surface area contributed by atoms with Gasteiger partial charge in [0, 0.05) is 24.7 Å². The van der Waals surface area contributed by atoms with Gasteiger partial charge >= 0.3 is 0 Å². The van der Waals surface area contributed by atoms with Gasteiger partial charge in [-0.05, 0) is 0 Å². The van der Waals surface area contributed by atoms with Crippen LogP contribution < -0.4 is 16.0 Å². The third-order valence-electron chi connectivity index (χ3n) is 1.65. The van der Waals surface area contributed by atoms with E-state index in [0.29, 0.717) is 6.54 Å². The highest BCUT2D eigenvalue weighted by atomic mass is 79.9. The van der Waals surface area contributed by atoms with Crippen molar-refractivity contribution in [3.63, 3.8) is 0 Å². The topological polar surface area (TPSA) is 55.9 Å². The van der Waals surface area contributed by atoms with Crippen molar-refractivity contribution in [2.45, 2.75) is 13.5 Å². The van der Waals surface area contributed by atoms with Gasteiger partial charge < -0.3 is 11.5 Å². The predicted octanol–water partition coefficient (Wildman–Crippen LogP) is 0.979. The lowest BCUT2D eigenvalue weighted by molar-refractivity contribution is -0.700. The van der Waals surface area contributed by atoms with Crippen LogP contribution in [0.2, 0.25) is 0 Å². The van der Waals surface area contributed by atoms with Crippen molar-refractivity contribution in [3.05, 3.63) is 24.0 Å². The molecule has 0 fully saturated rings. The summed E-state index contributed by atoms with van der Waals surface area (Å²) in [5, 5.41) is 0. The fourth-order valence-corrected chi connectivity index (χ4v) is 1.06. The molecule has 1 heterocycles. The standard InChI is InChI=1S/C8H13N3.2BrH/c1-7-6-8(10)2-4-11(7)5-3-9;;/h2,4,6,10H,3,5,9H2,1H3;2*1H/p+1. The molecule has 0 spiro atoms. The molecule has 13 heavy (non-hydrogen) atoms. The maximum absolute atomic E-state index is 5.58. The Balaban J connectivity index is 0. The normalized spacial score (nSPS) is 8.46. The molecule has 0 aromatic carbocycles. The summed E-state index contributed by atoms with van der Waals surface area (Å²) in [6.07, 6.45) is 1.96. The van der Waals surface area contributed by atoms with Crippen LogP contribution in [0.4, 0.5) is 5.69 Å². The Morgan fingerprint density at radius 3 is 2.46 bits per heavy atom. The molecule has 0 amide bonds. The Morgan fingerprint density at radius 1 is 1.38 bits per heavy atom. The quantitative estimate of drug-likeness (QED) is 0.800. The first-order chi connectivity index (χ1) is 5.24. The monoisotopic (exact) mass is 312 g/mol. The van der Waals surface area contributed by atoms with Gasteiger partial charge in [-0.3, -0.25) is 0 Å². The molecule has 3 nitrogen and oxygen atoms in total. The third-order valence-corrected chi connectivity index (χ3v) is 1.65. The van der Waals surface area contributed by atoms with E-state index < -0.39 is 0 Å². The summed E-state index contributed by atoms with van der Waals surface area (Å²) in [4.78, 5) is 0. The highest BCUT2D eigenvalue weighted by Gasteiger charge is 2.03. The first-order valence-electron chi connectivity index (χ1n) is 3.69. The van der Waals surface area contributed by atoms with E-state index in [-0.39, 0.29) is 34.0 Å². The SMILES string of the molecule is Br.Br.Cc1cc(N)cc[n+]1CCN. The van der Waals surface area contributed by atoms with E-state index in [1.165, 1.54) is 0 Å². The number of nitrogens with zero attached hydrogens (tertiary/aromatic N) is 1. The maximum atomic E-state index is 5.58. The van der Waals surface area contributed by atoms with Crippen molar-refractivity contribution in [1.29, 1.82) is 0 Å².